The number of amides is 1. The molecule has 36 heavy (non-hydrogen) atoms. The van der Waals surface area contributed by atoms with Crippen molar-refractivity contribution in [2.24, 2.45) is 0 Å². The predicted octanol–water partition coefficient (Wildman–Crippen LogP) is 3.87. The number of carbonyl (C=O) groups excluding carboxylic acids is 1. The van der Waals surface area contributed by atoms with Gasteiger partial charge in [-0.05, 0) is 42.8 Å². The van der Waals surface area contributed by atoms with Crippen LogP contribution in [0.3, 0.4) is 0 Å². The Morgan fingerprint density at radius 3 is 2.47 bits per heavy atom. The number of thioether (sulfide) groups is 1. The van der Waals surface area contributed by atoms with Crippen LogP contribution in [0.15, 0.2) is 88.9 Å². The molecule has 0 saturated carbocycles. The number of sulfonamides is 1. The molecule has 0 aliphatic heterocycles. The third kappa shape index (κ3) is 6.86. The van der Waals surface area contributed by atoms with E-state index in [0.29, 0.717) is 40.3 Å². The highest BCUT2D eigenvalue weighted by Gasteiger charge is 2.16. The first-order valence-electron chi connectivity index (χ1n) is 11.1. The summed E-state index contributed by atoms with van der Waals surface area (Å²) in [4.78, 5) is 16.7. The molecule has 0 saturated heterocycles. The number of nitrogens with one attached hydrogen (secondary N) is 3. The second-order valence-electron chi connectivity index (χ2n) is 7.72. The van der Waals surface area contributed by atoms with Gasteiger partial charge < -0.3 is 10.1 Å². The van der Waals surface area contributed by atoms with Gasteiger partial charge in [0, 0.05) is 23.5 Å². The number of aromatic amines is 1. The van der Waals surface area contributed by atoms with Crippen LogP contribution in [0.5, 0.6) is 5.75 Å². The van der Waals surface area contributed by atoms with Crippen molar-refractivity contribution in [1.29, 1.82) is 0 Å². The van der Waals surface area contributed by atoms with Crippen LogP contribution in [0.1, 0.15) is 5.56 Å². The number of ether oxygens (including phenoxy) is 1. The Bertz CT molecular complexity index is 1410. The highest BCUT2D eigenvalue weighted by Crippen LogP contribution is 2.23. The van der Waals surface area contributed by atoms with E-state index in [1.54, 1.807) is 43.3 Å². The topological polar surface area (TPSA) is 126 Å². The van der Waals surface area contributed by atoms with E-state index in [9.17, 15) is 13.2 Å². The van der Waals surface area contributed by atoms with Gasteiger partial charge in [-0.2, -0.15) is 0 Å². The molecule has 0 aliphatic carbocycles. The van der Waals surface area contributed by atoms with Gasteiger partial charge in [0.15, 0.2) is 12.4 Å². The summed E-state index contributed by atoms with van der Waals surface area (Å²) in [5.41, 5.74) is 2.04. The molecule has 3 aromatic carbocycles. The van der Waals surface area contributed by atoms with Crippen LogP contribution in [0.4, 0.5) is 5.69 Å². The maximum Gasteiger partial charge on any atom is 0.261 e. The van der Waals surface area contributed by atoms with Crippen molar-refractivity contribution in [2.45, 2.75) is 17.0 Å². The van der Waals surface area contributed by atoms with Crippen molar-refractivity contribution in [1.82, 2.24) is 20.5 Å². The maximum absolute atomic E-state index is 12.6. The molecule has 4 rings (SSSR count). The van der Waals surface area contributed by atoms with E-state index in [0.717, 1.165) is 5.56 Å². The lowest BCUT2D eigenvalue weighted by Crippen LogP contribution is -2.30. The van der Waals surface area contributed by atoms with Crippen LogP contribution >= 0.6 is 11.8 Å². The first kappa shape index (κ1) is 25.3. The van der Waals surface area contributed by atoms with Gasteiger partial charge in [0.25, 0.3) is 15.9 Å². The van der Waals surface area contributed by atoms with Crippen molar-refractivity contribution in [2.75, 3.05) is 23.6 Å². The zero-order valence-corrected chi connectivity index (χ0v) is 21.1. The van der Waals surface area contributed by atoms with Crippen LogP contribution < -0.4 is 14.8 Å². The molecule has 3 N–H and O–H groups in total. The summed E-state index contributed by atoms with van der Waals surface area (Å²) in [6.45, 7) is 1.97. The minimum atomic E-state index is -3.74. The molecule has 1 amide bonds. The van der Waals surface area contributed by atoms with Gasteiger partial charge in [0.2, 0.25) is 5.16 Å². The number of aromatic nitrogens is 3. The van der Waals surface area contributed by atoms with E-state index >= 15 is 0 Å². The zero-order chi connectivity index (χ0) is 25.4. The molecule has 9 nitrogen and oxygen atoms in total. The normalized spacial score (nSPS) is 11.1. The Balaban J connectivity index is 1.21. The molecule has 1 aromatic heterocycles. The number of hydrogen-bond donors (Lipinski definition) is 3. The van der Waals surface area contributed by atoms with Crippen molar-refractivity contribution in [3.8, 4) is 17.1 Å². The van der Waals surface area contributed by atoms with Gasteiger partial charge in [-0.1, -0.05) is 60.3 Å². The monoisotopic (exact) mass is 523 g/mol. The fourth-order valence-corrected chi connectivity index (χ4v) is 5.03. The molecule has 4 aromatic rings. The van der Waals surface area contributed by atoms with Crippen LogP contribution in [-0.2, 0) is 14.8 Å². The molecule has 0 unspecified atom stereocenters. The number of H-pyrrole nitrogens is 1. The molecule has 0 radical (unpaired) electrons. The van der Waals surface area contributed by atoms with E-state index in [1.807, 2.05) is 30.3 Å². The zero-order valence-electron chi connectivity index (χ0n) is 19.5. The summed E-state index contributed by atoms with van der Waals surface area (Å²) >= 11 is 1.43. The molecule has 0 bridgehead atoms. The molecule has 0 fully saturated rings. The Labute approximate surface area is 213 Å². The number of nitrogens with zero attached hydrogens (tertiary/aromatic N) is 2. The van der Waals surface area contributed by atoms with Crippen LogP contribution in [0, 0.1) is 6.92 Å². The SMILES string of the molecule is Cc1cc(S(=O)(=O)Nc2ccccc2)ccc1OCC(=O)NCCSc1n[nH]c(-c2ccccc2)n1. The van der Waals surface area contributed by atoms with E-state index in [2.05, 4.69) is 25.2 Å². The number of benzene rings is 3. The molecular weight excluding hydrogens is 498 g/mol. The molecular formula is C25H25N5O4S2. The molecule has 0 atom stereocenters. The summed E-state index contributed by atoms with van der Waals surface area (Å²) in [7, 11) is -3.74. The van der Waals surface area contributed by atoms with Crippen LogP contribution in [0.25, 0.3) is 11.4 Å². The standard InChI is InChI=1S/C25H25N5O4S2/c1-18-16-21(36(32,33)30-20-10-6-3-7-11-20)12-13-22(18)34-17-23(31)26-14-15-35-25-27-24(28-29-25)19-8-4-2-5-9-19/h2-13,16,30H,14-15,17H2,1H3,(H,26,31)(H,27,28,29). The lowest BCUT2D eigenvalue weighted by atomic mass is 10.2. The Morgan fingerprint density at radius 1 is 1.03 bits per heavy atom. The Morgan fingerprint density at radius 2 is 1.75 bits per heavy atom. The summed E-state index contributed by atoms with van der Waals surface area (Å²) in [5.74, 6) is 1.45. The number of para-hydroxylation sites is 1. The predicted molar refractivity (Wildman–Crippen MR) is 139 cm³/mol. The Kier molecular flexibility index (Phi) is 8.24. The summed E-state index contributed by atoms with van der Waals surface area (Å²) in [6, 6.07) is 22.9. The minimum absolute atomic E-state index is 0.111. The van der Waals surface area contributed by atoms with Gasteiger partial charge in [-0.15, -0.1) is 5.10 Å². The smallest absolute Gasteiger partial charge is 0.261 e. The van der Waals surface area contributed by atoms with E-state index in [1.165, 1.54) is 23.9 Å². The van der Waals surface area contributed by atoms with Gasteiger partial charge >= 0.3 is 0 Å². The molecule has 186 valence electrons. The minimum Gasteiger partial charge on any atom is -0.484 e. The number of carbonyl (C=O) groups is 1. The lowest BCUT2D eigenvalue weighted by molar-refractivity contribution is -0.122. The van der Waals surface area contributed by atoms with E-state index < -0.39 is 10.0 Å². The number of hydrogen-bond acceptors (Lipinski definition) is 7. The van der Waals surface area contributed by atoms with Crippen molar-refractivity contribution < 1.29 is 17.9 Å². The Hall–Kier alpha value is -3.83. The van der Waals surface area contributed by atoms with E-state index in [4.69, 9.17) is 4.74 Å². The first-order valence-corrected chi connectivity index (χ1v) is 13.6. The second kappa shape index (κ2) is 11.7. The first-order chi connectivity index (χ1) is 17.4. The third-order valence-electron chi connectivity index (χ3n) is 5.01. The quantitative estimate of drug-likeness (QED) is 0.201. The number of rotatable bonds is 11. The van der Waals surface area contributed by atoms with Gasteiger partial charge in [-0.25, -0.2) is 13.4 Å². The van der Waals surface area contributed by atoms with Crippen LogP contribution in [0.2, 0.25) is 0 Å². The number of anilines is 1. The average Bonchev–Trinajstić information content (AvgIpc) is 3.36. The van der Waals surface area contributed by atoms with Crippen molar-refractivity contribution in [3.63, 3.8) is 0 Å². The van der Waals surface area contributed by atoms with Crippen molar-refractivity contribution in [3.05, 3.63) is 84.4 Å². The average molecular weight is 524 g/mol. The summed E-state index contributed by atoms with van der Waals surface area (Å²) < 4.78 is 33.4. The highest BCUT2D eigenvalue weighted by molar-refractivity contribution is 7.99. The molecule has 11 heteroatoms. The largest absolute Gasteiger partial charge is 0.484 e. The molecule has 1 heterocycles. The van der Waals surface area contributed by atoms with E-state index in [-0.39, 0.29) is 17.4 Å². The highest BCUT2D eigenvalue weighted by atomic mass is 32.2. The van der Waals surface area contributed by atoms with Gasteiger partial charge in [0.05, 0.1) is 4.90 Å². The fraction of sp³-hybridized carbons (Fsp3) is 0.160. The molecule has 0 spiro atoms. The summed E-state index contributed by atoms with van der Waals surface area (Å²) in [5, 5.41) is 10.5. The van der Waals surface area contributed by atoms with Gasteiger partial charge in [-0.3, -0.25) is 14.6 Å². The number of aryl methyl sites for hydroxylation is 1. The third-order valence-corrected chi connectivity index (χ3v) is 7.24. The summed E-state index contributed by atoms with van der Waals surface area (Å²) in [6.07, 6.45) is 0. The molecule has 0 aliphatic rings. The van der Waals surface area contributed by atoms with Gasteiger partial charge in [0.1, 0.15) is 5.75 Å². The van der Waals surface area contributed by atoms with Crippen LogP contribution in [-0.4, -0.2) is 48.4 Å². The maximum atomic E-state index is 12.6. The second-order valence-corrected chi connectivity index (χ2v) is 10.5. The lowest BCUT2D eigenvalue weighted by Gasteiger charge is -2.12. The fourth-order valence-electron chi connectivity index (χ4n) is 3.23. The van der Waals surface area contributed by atoms with Crippen molar-refractivity contribution >= 4 is 33.4 Å².